The Morgan fingerprint density at radius 2 is 1.59 bits per heavy atom. The van der Waals surface area contributed by atoms with Crippen LogP contribution < -0.4 is 4.74 Å². The van der Waals surface area contributed by atoms with Crippen molar-refractivity contribution >= 4 is 17.7 Å². The van der Waals surface area contributed by atoms with Crippen molar-refractivity contribution in [1.82, 2.24) is 0 Å². The van der Waals surface area contributed by atoms with Crippen molar-refractivity contribution < 1.29 is 58.9 Å². The summed E-state index contributed by atoms with van der Waals surface area (Å²) in [6.07, 6.45) is -7.70. The molecule has 1 aliphatic rings. The number of hydrogen-bond donors (Lipinski definition) is 5. The zero-order chi connectivity index (χ0) is 27.3. The number of esters is 2. The quantitative estimate of drug-likeness (QED) is 0.233. The minimum absolute atomic E-state index is 0.0677. The van der Waals surface area contributed by atoms with Gasteiger partial charge in [0, 0.05) is 32.4 Å². The summed E-state index contributed by atoms with van der Waals surface area (Å²) in [5.74, 6) is -3.36. The summed E-state index contributed by atoms with van der Waals surface area (Å²) in [7, 11) is 0. The number of hydrogen-bond acceptors (Lipinski definition) is 12. The van der Waals surface area contributed by atoms with Gasteiger partial charge >= 0.3 is 11.9 Å². The van der Waals surface area contributed by atoms with Crippen LogP contribution in [0.5, 0.6) is 23.0 Å². The van der Waals surface area contributed by atoms with Gasteiger partial charge in [-0.25, -0.2) is 0 Å². The summed E-state index contributed by atoms with van der Waals surface area (Å²) in [5.41, 5.74) is 0.436. The molecular formula is C25H28O12. The van der Waals surface area contributed by atoms with Gasteiger partial charge in [-0.3, -0.25) is 14.4 Å². The SMILES string of the molecule is CC(=O)OC[C@H]1O[C@@H](Oc2cc(O)cc(O)c2C(=O)CCc2ccc(O)cc2)[C@H](O)[C@@H](O)[C@@H]1OC(C)=O. The van der Waals surface area contributed by atoms with E-state index in [1.807, 2.05) is 0 Å². The fourth-order valence-corrected chi connectivity index (χ4v) is 3.80. The van der Waals surface area contributed by atoms with E-state index in [9.17, 15) is 39.9 Å². The number of phenols is 3. The highest BCUT2D eigenvalue weighted by atomic mass is 16.7. The van der Waals surface area contributed by atoms with E-state index in [1.165, 1.54) is 12.1 Å². The zero-order valence-corrected chi connectivity index (χ0v) is 20.1. The van der Waals surface area contributed by atoms with E-state index in [4.69, 9.17) is 18.9 Å². The Balaban J connectivity index is 1.84. The highest BCUT2D eigenvalue weighted by Crippen LogP contribution is 2.36. The van der Waals surface area contributed by atoms with E-state index in [2.05, 4.69) is 0 Å². The zero-order valence-electron chi connectivity index (χ0n) is 20.1. The standard InChI is InChI=1S/C25H28O12/c1-12(26)34-11-20-24(35-13(2)27)22(32)23(33)25(37-20)36-19-10-16(29)9-18(31)21(19)17(30)8-5-14-3-6-15(28)7-4-14/h3-4,6-7,9-10,20,22-25,28-29,31-33H,5,8,11H2,1-2H3/t20-,22-,23-,24-,25-/m1/s1. The molecule has 2 aromatic carbocycles. The average molecular weight is 520 g/mol. The predicted octanol–water partition coefficient (Wildman–Crippen LogP) is 0.939. The highest BCUT2D eigenvalue weighted by Gasteiger charge is 2.48. The first-order valence-electron chi connectivity index (χ1n) is 11.3. The van der Waals surface area contributed by atoms with Gasteiger partial charge in [0.2, 0.25) is 6.29 Å². The molecule has 5 N–H and O–H groups in total. The molecule has 0 radical (unpaired) electrons. The number of rotatable bonds is 9. The molecule has 1 heterocycles. The lowest BCUT2D eigenvalue weighted by molar-refractivity contribution is -0.282. The number of benzene rings is 2. The number of ketones is 1. The number of aromatic hydroxyl groups is 3. The number of Topliss-reactive ketones (excluding diaryl/α,β-unsaturated/α-hetero) is 1. The summed E-state index contributed by atoms with van der Waals surface area (Å²) >= 11 is 0. The molecule has 0 saturated carbocycles. The van der Waals surface area contributed by atoms with Crippen molar-refractivity contribution in [3.63, 3.8) is 0 Å². The topological polar surface area (TPSA) is 189 Å². The third-order valence-electron chi connectivity index (χ3n) is 5.56. The maximum absolute atomic E-state index is 13.0. The smallest absolute Gasteiger partial charge is 0.303 e. The normalized spacial score (nSPS) is 23.2. The lowest BCUT2D eigenvalue weighted by Crippen LogP contribution is -2.61. The van der Waals surface area contributed by atoms with Gasteiger partial charge in [-0.05, 0) is 24.1 Å². The third kappa shape index (κ3) is 7.09. The predicted molar refractivity (Wildman–Crippen MR) is 124 cm³/mol. The molecule has 0 bridgehead atoms. The third-order valence-corrected chi connectivity index (χ3v) is 5.56. The number of aryl methyl sites for hydroxylation is 1. The second-order valence-electron chi connectivity index (χ2n) is 8.45. The lowest BCUT2D eigenvalue weighted by Gasteiger charge is -2.41. The highest BCUT2D eigenvalue weighted by molar-refractivity contribution is 6.01. The van der Waals surface area contributed by atoms with Crippen molar-refractivity contribution in [3.05, 3.63) is 47.5 Å². The van der Waals surface area contributed by atoms with Crippen LogP contribution in [-0.4, -0.2) is 80.6 Å². The maximum Gasteiger partial charge on any atom is 0.303 e. The van der Waals surface area contributed by atoms with Gasteiger partial charge in [0.1, 0.15) is 53.5 Å². The van der Waals surface area contributed by atoms with Gasteiger partial charge in [0.15, 0.2) is 11.9 Å². The molecule has 0 spiro atoms. The van der Waals surface area contributed by atoms with Gasteiger partial charge in [-0.15, -0.1) is 0 Å². The van der Waals surface area contributed by atoms with E-state index in [0.29, 0.717) is 0 Å². The van der Waals surface area contributed by atoms with Crippen LogP contribution in [0.25, 0.3) is 0 Å². The molecule has 0 unspecified atom stereocenters. The first-order chi connectivity index (χ1) is 17.5. The maximum atomic E-state index is 13.0. The van der Waals surface area contributed by atoms with Crippen LogP contribution >= 0.6 is 0 Å². The minimum atomic E-state index is -1.80. The van der Waals surface area contributed by atoms with E-state index in [-0.39, 0.29) is 29.9 Å². The first kappa shape index (κ1) is 27.7. The molecule has 3 rings (SSSR count). The molecule has 12 heteroatoms. The molecular weight excluding hydrogens is 492 g/mol. The van der Waals surface area contributed by atoms with Crippen LogP contribution in [0, 0.1) is 0 Å². The van der Waals surface area contributed by atoms with Gasteiger partial charge < -0.3 is 44.5 Å². The Bertz CT molecular complexity index is 1130. The van der Waals surface area contributed by atoms with Crippen molar-refractivity contribution in [1.29, 1.82) is 0 Å². The molecule has 0 amide bonds. The van der Waals surface area contributed by atoms with Gasteiger partial charge in [0.05, 0.1) is 0 Å². The van der Waals surface area contributed by atoms with Crippen molar-refractivity contribution in [2.45, 2.75) is 57.4 Å². The Hall–Kier alpha value is -3.87. The summed E-state index contributed by atoms with van der Waals surface area (Å²) in [6, 6.07) is 8.16. The molecule has 200 valence electrons. The van der Waals surface area contributed by atoms with Crippen molar-refractivity contribution in [3.8, 4) is 23.0 Å². The largest absolute Gasteiger partial charge is 0.508 e. The fraction of sp³-hybridized carbons (Fsp3) is 0.400. The van der Waals surface area contributed by atoms with Crippen LogP contribution in [-0.2, 0) is 30.2 Å². The number of aliphatic hydroxyl groups is 2. The monoisotopic (exact) mass is 520 g/mol. The van der Waals surface area contributed by atoms with E-state index < -0.39 is 66.5 Å². The molecule has 0 aromatic heterocycles. The van der Waals surface area contributed by atoms with E-state index in [1.54, 1.807) is 12.1 Å². The number of phenolic OH excluding ortho intramolecular Hbond substituents is 3. The average Bonchev–Trinajstić information content (AvgIpc) is 2.81. The number of ether oxygens (including phenoxy) is 4. The number of carbonyl (C=O) groups excluding carboxylic acids is 3. The summed E-state index contributed by atoms with van der Waals surface area (Å²) in [4.78, 5) is 35.8. The van der Waals surface area contributed by atoms with Crippen molar-refractivity contribution in [2.24, 2.45) is 0 Å². The Labute approximate surface area is 211 Å². The number of carbonyl (C=O) groups is 3. The first-order valence-corrected chi connectivity index (χ1v) is 11.3. The van der Waals surface area contributed by atoms with Gasteiger partial charge in [0.25, 0.3) is 0 Å². The Kier molecular flexibility index (Phi) is 8.92. The van der Waals surface area contributed by atoms with Crippen LogP contribution in [0.15, 0.2) is 36.4 Å². The van der Waals surface area contributed by atoms with E-state index in [0.717, 1.165) is 31.5 Å². The minimum Gasteiger partial charge on any atom is -0.508 e. The molecule has 1 fully saturated rings. The molecule has 12 nitrogen and oxygen atoms in total. The van der Waals surface area contributed by atoms with Crippen LogP contribution in [0.4, 0.5) is 0 Å². The Morgan fingerprint density at radius 3 is 2.22 bits per heavy atom. The van der Waals surface area contributed by atoms with Gasteiger partial charge in [-0.2, -0.15) is 0 Å². The van der Waals surface area contributed by atoms with Crippen LogP contribution in [0.2, 0.25) is 0 Å². The molecule has 0 aliphatic carbocycles. The van der Waals surface area contributed by atoms with Gasteiger partial charge in [-0.1, -0.05) is 12.1 Å². The summed E-state index contributed by atoms with van der Waals surface area (Å²) < 4.78 is 21.2. The molecule has 37 heavy (non-hydrogen) atoms. The molecule has 1 saturated heterocycles. The number of aliphatic hydroxyl groups excluding tert-OH is 2. The molecule has 1 aliphatic heterocycles. The van der Waals surface area contributed by atoms with E-state index >= 15 is 0 Å². The second kappa shape index (κ2) is 11.9. The van der Waals surface area contributed by atoms with Crippen LogP contribution in [0.3, 0.4) is 0 Å². The molecule has 5 atom stereocenters. The second-order valence-corrected chi connectivity index (χ2v) is 8.45. The lowest BCUT2D eigenvalue weighted by atomic mass is 9.98. The summed E-state index contributed by atoms with van der Waals surface area (Å²) in [5, 5.41) is 51.0. The molecule has 2 aromatic rings. The Morgan fingerprint density at radius 1 is 0.919 bits per heavy atom. The summed E-state index contributed by atoms with van der Waals surface area (Å²) in [6.45, 7) is 1.76. The fourth-order valence-electron chi connectivity index (χ4n) is 3.80. The van der Waals surface area contributed by atoms with Crippen LogP contribution in [0.1, 0.15) is 36.2 Å². The van der Waals surface area contributed by atoms with Crippen molar-refractivity contribution in [2.75, 3.05) is 6.61 Å².